The van der Waals surface area contributed by atoms with Crippen molar-refractivity contribution in [2.75, 3.05) is 17.7 Å². The third-order valence-electron chi connectivity index (χ3n) is 6.43. The van der Waals surface area contributed by atoms with Crippen LogP contribution in [0, 0.1) is 6.92 Å². The van der Waals surface area contributed by atoms with E-state index in [0.717, 1.165) is 42.7 Å². The molecule has 10 nitrogen and oxygen atoms in total. The lowest BCUT2D eigenvalue weighted by atomic mass is 9.95. The van der Waals surface area contributed by atoms with E-state index >= 15 is 0 Å². The van der Waals surface area contributed by atoms with Crippen molar-refractivity contribution in [1.29, 1.82) is 0 Å². The number of amides is 1. The first kappa shape index (κ1) is 25.5. The van der Waals surface area contributed by atoms with Crippen LogP contribution in [0.2, 0.25) is 5.02 Å². The Bertz CT molecular complexity index is 1450. The first-order valence-electron chi connectivity index (χ1n) is 12.3. The van der Waals surface area contributed by atoms with Gasteiger partial charge in [0.15, 0.2) is 0 Å². The van der Waals surface area contributed by atoms with Crippen LogP contribution in [0.15, 0.2) is 57.2 Å². The van der Waals surface area contributed by atoms with Gasteiger partial charge in [0.1, 0.15) is 17.6 Å². The van der Waals surface area contributed by atoms with Crippen molar-refractivity contribution in [2.45, 2.75) is 45.6 Å². The zero-order valence-corrected chi connectivity index (χ0v) is 22.0. The Morgan fingerprint density at radius 2 is 1.97 bits per heavy atom. The molecule has 5 rings (SSSR count). The molecule has 1 aliphatic carbocycles. The molecule has 3 N–H and O–H groups in total. The number of rotatable bonds is 5. The summed E-state index contributed by atoms with van der Waals surface area (Å²) in [5.74, 6) is 0.494. The van der Waals surface area contributed by atoms with E-state index in [0.29, 0.717) is 33.8 Å². The summed E-state index contributed by atoms with van der Waals surface area (Å²) >= 11 is 6.63. The lowest BCUT2D eigenvalue weighted by Gasteiger charge is -2.27. The molecule has 11 heteroatoms. The van der Waals surface area contributed by atoms with E-state index in [1.165, 1.54) is 25.4 Å². The minimum absolute atomic E-state index is 0.199. The summed E-state index contributed by atoms with van der Waals surface area (Å²) in [6.07, 6.45) is 5.33. The number of allylic oxidation sites excluding steroid dienone is 1. The number of carbonyl (C=O) groups excluding carboxylic acids is 2. The van der Waals surface area contributed by atoms with Gasteiger partial charge in [-0.1, -0.05) is 23.7 Å². The molecule has 1 amide bonds. The molecule has 0 radical (unpaired) electrons. The van der Waals surface area contributed by atoms with Crippen LogP contribution in [-0.2, 0) is 22.4 Å². The number of halogens is 1. The number of esters is 1. The molecule has 38 heavy (non-hydrogen) atoms. The summed E-state index contributed by atoms with van der Waals surface area (Å²) in [5, 5.41) is 9.53. The summed E-state index contributed by atoms with van der Waals surface area (Å²) in [4.78, 5) is 39.0. The maximum Gasteiger partial charge on any atom is 0.338 e. The van der Waals surface area contributed by atoms with Crippen molar-refractivity contribution in [1.82, 2.24) is 15.3 Å². The Labute approximate surface area is 224 Å². The largest absolute Gasteiger partial charge is 0.465 e. The normalized spacial score (nSPS) is 16.7. The van der Waals surface area contributed by atoms with E-state index < -0.39 is 17.9 Å². The van der Waals surface area contributed by atoms with Gasteiger partial charge in [0.2, 0.25) is 5.96 Å². The van der Waals surface area contributed by atoms with Gasteiger partial charge in [-0.25, -0.2) is 14.8 Å². The van der Waals surface area contributed by atoms with Gasteiger partial charge in [0.25, 0.3) is 5.91 Å². The SMILES string of the molecule is COC(=O)c1ccnc(NC(=O)C2=C(C)NC(Nc3nc4c(o3)CCCC4)=NC2c2ccc(C)cc2Cl)c1. The second-order valence-electron chi connectivity index (χ2n) is 9.17. The minimum Gasteiger partial charge on any atom is -0.465 e. The number of benzene rings is 1. The Balaban J connectivity index is 1.47. The monoisotopic (exact) mass is 534 g/mol. The number of fused-ring (bicyclic) bond motifs is 1. The molecular formula is C27H27ClN6O4. The highest BCUT2D eigenvalue weighted by Crippen LogP contribution is 2.36. The van der Waals surface area contributed by atoms with Crippen molar-refractivity contribution in [3.63, 3.8) is 0 Å². The smallest absolute Gasteiger partial charge is 0.338 e. The zero-order chi connectivity index (χ0) is 26.8. The van der Waals surface area contributed by atoms with Gasteiger partial charge >= 0.3 is 12.0 Å². The molecule has 0 fully saturated rings. The van der Waals surface area contributed by atoms with Crippen LogP contribution in [0.3, 0.4) is 0 Å². The van der Waals surface area contributed by atoms with Crippen molar-refractivity contribution in [2.24, 2.45) is 4.99 Å². The number of aryl methyl sites for hydroxylation is 3. The fraction of sp³-hybridized carbons (Fsp3) is 0.296. The molecule has 3 aromatic rings. The van der Waals surface area contributed by atoms with E-state index in [1.807, 2.05) is 25.1 Å². The highest BCUT2D eigenvalue weighted by molar-refractivity contribution is 6.31. The molecule has 3 heterocycles. The van der Waals surface area contributed by atoms with Crippen LogP contribution in [-0.4, -0.2) is 34.9 Å². The molecule has 1 unspecified atom stereocenters. The molecule has 0 saturated heterocycles. The van der Waals surface area contributed by atoms with Crippen LogP contribution >= 0.6 is 11.6 Å². The van der Waals surface area contributed by atoms with Crippen molar-refractivity contribution in [3.05, 3.63) is 81.0 Å². The van der Waals surface area contributed by atoms with Crippen LogP contribution < -0.4 is 16.0 Å². The molecule has 2 aliphatic rings. The fourth-order valence-corrected chi connectivity index (χ4v) is 4.89. The van der Waals surface area contributed by atoms with Crippen LogP contribution in [0.25, 0.3) is 0 Å². The summed E-state index contributed by atoms with van der Waals surface area (Å²) in [6.45, 7) is 3.71. The number of guanidine groups is 1. The van der Waals surface area contributed by atoms with Crippen LogP contribution in [0.5, 0.6) is 0 Å². The topological polar surface area (TPSA) is 131 Å². The number of aromatic nitrogens is 2. The van der Waals surface area contributed by atoms with Gasteiger partial charge in [-0.2, -0.15) is 4.98 Å². The first-order valence-corrected chi connectivity index (χ1v) is 12.6. The number of aliphatic imine (C=N–C) groups is 1. The van der Waals surface area contributed by atoms with Crippen molar-refractivity contribution >= 4 is 41.3 Å². The molecule has 1 atom stereocenters. The number of nitrogens with one attached hydrogen (secondary N) is 3. The summed E-state index contributed by atoms with van der Waals surface area (Å²) < 4.78 is 10.7. The van der Waals surface area contributed by atoms with E-state index in [-0.39, 0.29) is 11.4 Å². The number of ether oxygens (including phenoxy) is 1. The molecule has 0 saturated carbocycles. The molecule has 1 aliphatic heterocycles. The fourth-order valence-electron chi connectivity index (χ4n) is 4.55. The predicted molar refractivity (Wildman–Crippen MR) is 143 cm³/mol. The summed E-state index contributed by atoms with van der Waals surface area (Å²) in [7, 11) is 1.29. The molecular weight excluding hydrogens is 508 g/mol. The van der Waals surface area contributed by atoms with Crippen LogP contribution in [0.1, 0.15) is 58.7 Å². The molecule has 196 valence electrons. The van der Waals surface area contributed by atoms with Gasteiger partial charge in [-0.15, -0.1) is 0 Å². The molecule has 1 aromatic carbocycles. The number of oxazole rings is 1. The first-order chi connectivity index (χ1) is 18.3. The number of pyridine rings is 1. The number of anilines is 2. The predicted octanol–water partition coefficient (Wildman–Crippen LogP) is 4.72. The third kappa shape index (κ3) is 5.26. The Morgan fingerprint density at radius 1 is 1.16 bits per heavy atom. The molecule has 0 bridgehead atoms. The van der Waals surface area contributed by atoms with Crippen molar-refractivity contribution in [3.8, 4) is 0 Å². The lowest BCUT2D eigenvalue weighted by Crippen LogP contribution is -2.37. The second-order valence-corrected chi connectivity index (χ2v) is 9.57. The average Bonchev–Trinajstić information content (AvgIpc) is 3.30. The Hall–Kier alpha value is -4.18. The van der Waals surface area contributed by atoms with E-state index in [1.54, 1.807) is 6.92 Å². The van der Waals surface area contributed by atoms with Gasteiger partial charge in [0.05, 0.1) is 23.9 Å². The summed E-state index contributed by atoms with van der Waals surface area (Å²) in [5.41, 5.74) is 3.77. The summed E-state index contributed by atoms with van der Waals surface area (Å²) in [6, 6.07) is 8.17. The molecule has 0 spiro atoms. The van der Waals surface area contributed by atoms with E-state index in [9.17, 15) is 9.59 Å². The van der Waals surface area contributed by atoms with Gasteiger partial charge in [-0.3, -0.25) is 10.1 Å². The molecule has 2 aromatic heterocycles. The Kier molecular flexibility index (Phi) is 7.15. The maximum atomic E-state index is 13.6. The van der Waals surface area contributed by atoms with Crippen LogP contribution in [0.4, 0.5) is 11.8 Å². The van der Waals surface area contributed by atoms with E-state index in [2.05, 4.69) is 25.9 Å². The lowest BCUT2D eigenvalue weighted by molar-refractivity contribution is -0.113. The average molecular weight is 535 g/mol. The highest BCUT2D eigenvalue weighted by Gasteiger charge is 2.32. The number of methoxy groups -OCH3 is 1. The number of hydrogen-bond donors (Lipinski definition) is 3. The number of nitrogens with zero attached hydrogens (tertiary/aromatic N) is 3. The highest BCUT2D eigenvalue weighted by atomic mass is 35.5. The zero-order valence-electron chi connectivity index (χ0n) is 21.2. The quantitative estimate of drug-likeness (QED) is 0.401. The standard InChI is InChI=1S/C27H27ClN6O4/c1-14-8-9-17(18(28)12-14)23-22(24(35)32-21-13-16(10-11-29-21)25(36)37-3)15(2)30-26(33-23)34-27-31-19-6-4-5-7-20(19)38-27/h8-13,23H,4-7H2,1-3H3,(H,29,32,35)(H2,30,31,33,34). The van der Waals surface area contributed by atoms with E-state index in [4.69, 9.17) is 25.7 Å². The minimum atomic E-state index is -0.736. The number of carbonyl (C=O) groups is 2. The van der Waals surface area contributed by atoms with Crippen molar-refractivity contribution < 1.29 is 18.7 Å². The Morgan fingerprint density at radius 3 is 2.74 bits per heavy atom. The maximum absolute atomic E-state index is 13.6. The van der Waals surface area contributed by atoms with Gasteiger partial charge in [0, 0.05) is 28.9 Å². The van der Waals surface area contributed by atoms with Gasteiger partial charge < -0.3 is 19.8 Å². The second kappa shape index (κ2) is 10.7. The third-order valence-corrected chi connectivity index (χ3v) is 6.76. The number of hydrogen-bond acceptors (Lipinski definition) is 9. The van der Waals surface area contributed by atoms with Gasteiger partial charge in [-0.05, 0) is 56.9 Å².